The Balaban J connectivity index is 1.61. The molecule has 1 N–H and O–H groups in total. The Hall–Kier alpha value is -3.09. The number of hydrogen-bond donors (Lipinski definition) is 1. The van der Waals surface area contributed by atoms with Crippen molar-refractivity contribution < 1.29 is 23.5 Å². The normalized spacial score (nSPS) is 16.5. The van der Waals surface area contributed by atoms with Gasteiger partial charge in [-0.15, -0.1) is 0 Å². The van der Waals surface area contributed by atoms with Gasteiger partial charge in [-0.2, -0.15) is 0 Å². The maximum Gasteiger partial charge on any atom is 0.414 e. The molecule has 0 radical (unpaired) electrons. The summed E-state index contributed by atoms with van der Waals surface area (Å²) in [6, 6.07) is 12.7. The van der Waals surface area contributed by atoms with Crippen molar-refractivity contribution in [2.75, 3.05) is 25.1 Å². The van der Waals surface area contributed by atoms with E-state index in [0.717, 1.165) is 0 Å². The first-order valence-corrected chi connectivity index (χ1v) is 7.73. The highest BCUT2D eigenvalue weighted by molar-refractivity contribution is 5.94. The van der Waals surface area contributed by atoms with E-state index >= 15 is 0 Å². The van der Waals surface area contributed by atoms with Crippen LogP contribution in [0.4, 0.5) is 14.9 Å². The Kier molecular flexibility index (Phi) is 4.83. The first-order valence-electron chi connectivity index (χ1n) is 7.73. The quantitative estimate of drug-likeness (QED) is 0.905. The van der Waals surface area contributed by atoms with Crippen LogP contribution in [0.3, 0.4) is 0 Å². The number of hydrogen-bond acceptors (Lipinski definition) is 4. The average Bonchev–Trinajstić information content (AvgIpc) is 3.01. The standard InChI is InChI=1S/C18H17FN2O4/c1-24-13-6-4-5-12(9-13)21-11-14(25-18(21)23)10-20-17(22)15-7-2-3-8-16(15)19/h2-9,14H,10-11H2,1H3,(H,20,22). The molecule has 0 spiro atoms. The molecule has 130 valence electrons. The monoisotopic (exact) mass is 344 g/mol. The van der Waals surface area contributed by atoms with Gasteiger partial charge >= 0.3 is 6.09 Å². The maximum absolute atomic E-state index is 13.6. The molecule has 2 aromatic carbocycles. The van der Waals surface area contributed by atoms with Crippen LogP contribution in [0, 0.1) is 5.82 Å². The zero-order valence-electron chi connectivity index (χ0n) is 13.6. The number of carbonyl (C=O) groups excluding carboxylic acids is 2. The van der Waals surface area contributed by atoms with Gasteiger partial charge in [0.1, 0.15) is 17.7 Å². The summed E-state index contributed by atoms with van der Waals surface area (Å²) < 4.78 is 24.0. The molecule has 25 heavy (non-hydrogen) atoms. The molecule has 6 nitrogen and oxygen atoms in total. The summed E-state index contributed by atoms with van der Waals surface area (Å²) in [7, 11) is 1.54. The molecular formula is C18H17FN2O4. The molecule has 0 aliphatic carbocycles. The van der Waals surface area contributed by atoms with Gasteiger partial charge in [-0.25, -0.2) is 9.18 Å². The second-order valence-corrected chi connectivity index (χ2v) is 5.51. The highest BCUT2D eigenvalue weighted by Gasteiger charge is 2.32. The van der Waals surface area contributed by atoms with Gasteiger partial charge in [0.2, 0.25) is 0 Å². The molecule has 2 aromatic rings. The van der Waals surface area contributed by atoms with Gasteiger partial charge in [0.15, 0.2) is 0 Å². The highest BCUT2D eigenvalue weighted by atomic mass is 19.1. The van der Waals surface area contributed by atoms with Crippen LogP contribution in [0.15, 0.2) is 48.5 Å². The fourth-order valence-corrected chi connectivity index (χ4v) is 2.56. The number of nitrogens with one attached hydrogen (secondary N) is 1. The van der Waals surface area contributed by atoms with Crippen LogP contribution >= 0.6 is 0 Å². The molecule has 1 aliphatic heterocycles. The van der Waals surface area contributed by atoms with E-state index in [-0.39, 0.29) is 18.7 Å². The third-order valence-electron chi connectivity index (χ3n) is 3.85. The molecule has 0 saturated carbocycles. The lowest BCUT2D eigenvalue weighted by Gasteiger charge is -2.14. The Bertz CT molecular complexity index is 796. The molecule has 1 fully saturated rings. The number of methoxy groups -OCH3 is 1. The minimum Gasteiger partial charge on any atom is -0.497 e. The molecule has 1 atom stereocenters. The smallest absolute Gasteiger partial charge is 0.414 e. The number of anilines is 1. The molecular weight excluding hydrogens is 327 g/mol. The molecule has 1 saturated heterocycles. The van der Waals surface area contributed by atoms with Gasteiger partial charge in [-0.3, -0.25) is 9.69 Å². The van der Waals surface area contributed by atoms with Crippen LogP contribution in [-0.4, -0.2) is 38.3 Å². The van der Waals surface area contributed by atoms with E-state index < -0.39 is 23.9 Å². The van der Waals surface area contributed by atoms with Crippen molar-refractivity contribution in [1.29, 1.82) is 0 Å². The van der Waals surface area contributed by atoms with E-state index in [0.29, 0.717) is 11.4 Å². The third kappa shape index (κ3) is 3.71. The Labute approximate surface area is 144 Å². The van der Waals surface area contributed by atoms with Crippen LogP contribution in [0.2, 0.25) is 0 Å². The molecule has 1 aliphatic rings. The summed E-state index contributed by atoms with van der Waals surface area (Å²) >= 11 is 0. The summed E-state index contributed by atoms with van der Waals surface area (Å²) in [6.07, 6.45) is -1.02. The summed E-state index contributed by atoms with van der Waals surface area (Å²) in [5.74, 6) is -0.517. The maximum atomic E-state index is 13.6. The molecule has 1 heterocycles. The van der Waals surface area contributed by atoms with Crippen LogP contribution in [-0.2, 0) is 4.74 Å². The Morgan fingerprint density at radius 1 is 1.32 bits per heavy atom. The topological polar surface area (TPSA) is 67.9 Å². The third-order valence-corrected chi connectivity index (χ3v) is 3.85. The van der Waals surface area contributed by atoms with Crippen molar-refractivity contribution in [2.24, 2.45) is 0 Å². The lowest BCUT2D eigenvalue weighted by atomic mass is 10.2. The highest BCUT2D eigenvalue weighted by Crippen LogP contribution is 2.25. The van der Waals surface area contributed by atoms with E-state index in [1.807, 2.05) is 0 Å². The lowest BCUT2D eigenvalue weighted by Crippen LogP contribution is -2.35. The predicted molar refractivity (Wildman–Crippen MR) is 89.3 cm³/mol. The Morgan fingerprint density at radius 2 is 2.12 bits per heavy atom. The first kappa shape index (κ1) is 16.8. The number of rotatable bonds is 5. The largest absolute Gasteiger partial charge is 0.497 e. The number of amides is 2. The molecule has 2 amide bonds. The van der Waals surface area contributed by atoms with E-state index in [1.54, 1.807) is 37.4 Å². The van der Waals surface area contributed by atoms with Crippen molar-refractivity contribution >= 4 is 17.7 Å². The van der Waals surface area contributed by atoms with Crippen molar-refractivity contribution in [3.8, 4) is 5.75 Å². The predicted octanol–water partition coefficient (Wildman–Crippen LogP) is 2.59. The zero-order chi connectivity index (χ0) is 17.8. The molecule has 1 unspecified atom stereocenters. The lowest BCUT2D eigenvalue weighted by molar-refractivity contribution is 0.0912. The van der Waals surface area contributed by atoms with Gasteiger partial charge in [0, 0.05) is 6.07 Å². The minimum absolute atomic E-state index is 0.0449. The Morgan fingerprint density at radius 3 is 2.88 bits per heavy atom. The second kappa shape index (κ2) is 7.21. The molecule has 0 bridgehead atoms. The van der Waals surface area contributed by atoms with Gasteiger partial charge in [-0.05, 0) is 24.3 Å². The fraction of sp³-hybridized carbons (Fsp3) is 0.222. The van der Waals surface area contributed by atoms with Gasteiger partial charge in [0.25, 0.3) is 5.91 Å². The summed E-state index contributed by atoms with van der Waals surface area (Å²) in [5.41, 5.74) is 0.601. The van der Waals surface area contributed by atoms with E-state index in [9.17, 15) is 14.0 Å². The number of benzene rings is 2. The fourth-order valence-electron chi connectivity index (χ4n) is 2.56. The van der Waals surface area contributed by atoms with Gasteiger partial charge in [-0.1, -0.05) is 18.2 Å². The van der Waals surface area contributed by atoms with Crippen LogP contribution < -0.4 is 15.0 Å². The summed E-state index contributed by atoms with van der Waals surface area (Å²) in [4.78, 5) is 25.5. The van der Waals surface area contributed by atoms with Crippen molar-refractivity contribution in [3.63, 3.8) is 0 Å². The van der Waals surface area contributed by atoms with E-state index in [2.05, 4.69) is 5.32 Å². The summed E-state index contributed by atoms with van der Waals surface area (Å²) in [6.45, 7) is 0.378. The van der Waals surface area contributed by atoms with Crippen LogP contribution in [0.25, 0.3) is 0 Å². The van der Waals surface area contributed by atoms with Gasteiger partial charge in [0.05, 0.1) is 31.5 Å². The number of nitrogens with zero attached hydrogens (tertiary/aromatic N) is 1. The number of halogens is 1. The first-order chi connectivity index (χ1) is 12.1. The number of ether oxygens (including phenoxy) is 2. The van der Waals surface area contributed by atoms with E-state index in [4.69, 9.17) is 9.47 Å². The van der Waals surface area contributed by atoms with Crippen LogP contribution in [0.5, 0.6) is 5.75 Å². The van der Waals surface area contributed by atoms with E-state index in [1.165, 1.54) is 23.1 Å². The van der Waals surface area contributed by atoms with Gasteiger partial charge < -0.3 is 14.8 Å². The molecule has 7 heteroatoms. The zero-order valence-corrected chi connectivity index (χ0v) is 13.6. The molecule has 0 aromatic heterocycles. The van der Waals surface area contributed by atoms with Crippen molar-refractivity contribution in [2.45, 2.75) is 6.10 Å². The van der Waals surface area contributed by atoms with Crippen LogP contribution in [0.1, 0.15) is 10.4 Å². The van der Waals surface area contributed by atoms with Crippen molar-refractivity contribution in [3.05, 3.63) is 59.9 Å². The van der Waals surface area contributed by atoms with Crippen molar-refractivity contribution in [1.82, 2.24) is 5.32 Å². The minimum atomic E-state index is -0.596. The average molecular weight is 344 g/mol. The summed E-state index contributed by atoms with van der Waals surface area (Å²) in [5, 5.41) is 2.59. The number of cyclic esters (lactones) is 1. The second-order valence-electron chi connectivity index (χ2n) is 5.51. The molecule has 3 rings (SSSR count). The number of carbonyl (C=O) groups is 2. The SMILES string of the molecule is COc1cccc(N2CC(CNC(=O)c3ccccc3F)OC2=O)c1.